The lowest BCUT2D eigenvalue weighted by Gasteiger charge is -2.45. The predicted molar refractivity (Wildman–Crippen MR) is 88.8 cm³/mol. The maximum absolute atomic E-state index is 12.6. The molecule has 2 unspecified atom stereocenters. The van der Waals surface area contributed by atoms with E-state index in [1.165, 1.54) is 5.56 Å². The van der Waals surface area contributed by atoms with Gasteiger partial charge in [0.1, 0.15) is 5.60 Å². The van der Waals surface area contributed by atoms with Gasteiger partial charge in [0.05, 0.1) is 6.04 Å². The summed E-state index contributed by atoms with van der Waals surface area (Å²) < 4.78 is 5.61. The standard InChI is InChI=1S/C18H28N2O2/c1-6-19-13-16(15-10-8-7-9-11-15)20(12-14(19)2)17(21)22-18(3,4)5/h7-11,14,16H,6,12-13H2,1-5H3. The van der Waals surface area contributed by atoms with Gasteiger partial charge in [0.15, 0.2) is 0 Å². The van der Waals surface area contributed by atoms with E-state index >= 15 is 0 Å². The number of piperazine rings is 1. The van der Waals surface area contributed by atoms with E-state index < -0.39 is 5.60 Å². The van der Waals surface area contributed by atoms with Gasteiger partial charge in [-0.25, -0.2) is 4.79 Å². The molecule has 0 bridgehead atoms. The van der Waals surface area contributed by atoms with Crippen molar-refractivity contribution in [3.63, 3.8) is 0 Å². The van der Waals surface area contributed by atoms with Crippen LogP contribution in [0.15, 0.2) is 30.3 Å². The van der Waals surface area contributed by atoms with E-state index in [-0.39, 0.29) is 12.1 Å². The molecular weight excluding hydrogens is 276 g/mol. The van der Waals surface area contributed by atoms with Crippen molar-refractivity contribution in [2.45, 2.75) is 52.3 Å². The predicted octanol–water partition coefficient (Wildman–Crippen LogP) is 3.69. The van der Waals surface area contributed by atoms with Gasteiger partial charge in [-0.05, 0) is 39.8 Å². The molecule has 22 heavy (non-hydrogen) atoms. The second-order valence-electron chi connectivity index (χ2n) is 7.00. The van der Waals surface area contributed by atoms with Crippen LogP contribution in [-0.4, -0.2) is 47.2 Å². The first-order valence-corrected chi connectivity index (χ1v) is 8.10. The van der Waals surface area contributed by atoms with Crippen molar-refractivity contribution in [3.05, 3.63) is 35.9 Å². The summed E-state index contributed by atoms with van der Waals surface area (Å²) in [5.41, 5.74) is 0.697. The van der Waals surface area contributed by atoms with Crippen LogP contribution in [0.1, 0.15) is 46.2 Å². The second-order valence-corrected chi connectivity index (χ2v) is 7.00. The van der Waals surface area contributed by atoms with Crippen molar-refractivity contribution in [1.29, 1.82) is 0 Å². The van der Waals surface area contributed by atoms with Gasteiger partial charge < -0.3 is 4.74 Å². The molecule has 0 saturated carbocycles. The van der Waals surface area contributed by atoms with Crippen LogP contribution in [0.25, 0.3) is 0 Å². The minimum absolute atomic E-state index is 0.0483. The van der Waals surface area contributed by atoms with Gasteiger partial charge in [-0.2, -0.15) is 0 Å². The third-order valence-corrected chi connectivity index (χ3v) is 4.09. The van der Waals surface area contributed by atoms with Crippen LogP contribution in [0.2, 0.25) is 0 Å². The first-order valence-electron chi connectivity index (χ1n) is 8.10. The highest BCUT2D eigenvalue weighted by atomic mass is 16.6. The fraction of sp³-hybridized carbons (Fsp3) is 0.611. The number of benzene rings is 1. The van der Waals surface area contributed by atoms with Gasteiger partial charge in [0, 0.05) is 19.1 Å². The number of likely N-dealkylation sites (N-methyl/N-ethyl adjacent to an activating group) is 1. The maximum Gasteiger partial charge on any atom is 0.410 e. The van der Waals surface area contributed by atoms with Crippen molar-refractivity contribution in [2.24, 2.45) is 0 Å². The van der Waals surface area contributed by atoms with E-state index in [1.807, 2.05) is 43.9 Å². The normalized spacial score (nSPS) is 23.4. The molecule has 1 aliphatic heterocycles. The summed E-state index contributed by atoms with van der Waals surface area (Å²) in [6, 6.07) is 10.6. The van der Waals surface area contributed by atoms with Crippen LogP contribution in [0.3, 0.4) is 0 Å². The molecule has 1 aliphatic rings. The van der Waals surface area contributed by atoms with E-state index in [0.29, 0.717) is 12.6 Å². The number of nitrogens with zero attached hydrogens (tertiary/aromatic N) is 2. The second kappa shape index (κ2) is 6.69. The highest BCUT2D eigenvalue weighted by Gasteiger charge is 2.36. The Morgan fingerprint density at radius 1 is 1.23 bits per heavy atom. The molecule has 122 valence electrons. The van der Waals surface area contributed by atoms with Crippen LogP contribution in [0, 0.1) is 0 Å². The van der Waals surface area contributed by atoms with Crippen molar-refractivity contribution in [3.8, 4) is 0 Å². The van der Waals surface area contributed by atoms with E-state index in [4.69, 9.17) is 4.74 Å². The van der Waals surface area contributed by atoms with Crippen LogP contribution >= 0.6 is 0 Å². The van der Waals surface area contributed by atoms with Crippen LogP contribution in [0.4, 0.5) is 4.79 Å². The number of ether oxygens (including phenoxy) is 1. The smallest absolute Gasteiger partial charge is 0.410 e. The summed E-state index contributed by atoms with van der Waals surface area (Å²) in [6.45, 7) is 12.6. The average molecular weight is 304 g/mol. The third kappa shape index (κ3) is 4.01. The summed E-state index contributed by atoms with van der Waals surface area (Å²) in [7, 11) is 0. The molecule has 1 aromatic carbocycles. The van der Waals surface area contributed by atoms with Crippen LogP contribution in [0.5, 0.6) is 0 Å². The Labute approximate surface area is 134 Å². The summed E-state index contributed by atoms with van der Waals surface area (Å²) in [4.78, 5) is 16.9. The molecule has 1 heterocycles. The van der Waals surface area contributed by atoms with E-state index in [0.717, 1.165) is 13.1 Å². The zero-order chi connectivity index (χ0) is 16.3. The molecule has 4 heteroatoms. The molecule has 4 nitrogen and oxygen atoms in total. The largest absolute Gasteiger partial charge is 0.444 e. The van der Waals surface area contributed by atoms with Gasteiger partial charge in [0.2, 0.25) is 0 Å². The highest BCUT2D eigenvalue weighted by Crippen LogP contribution is 2.29. The zero-order valence-corrected chi connectivity index (χ0v) is 14.4. The van der Waals surface area contributed by atoms with Crippen molar-refractivity contribution in [1.82, 2.24) is 9.80 Å². The van der Waals surface area contributed by atoms with Gasteiger partial charge in [0.25, 0.3) is 0 Å². The molecule has 2 rings (SSSR count). The number of hydrogen-bond donors (Lipinski definition) is 0. The molecule has 1 aromatic rings. The van der Waals surface area contributed by atoms with Crippen LogP contribution < -0.4 is 0 Å². The monoisotopic (exact) mass is 304 g/mol. The van der Waals surface area contributed by atoms with Gasteiger partial charge in [-0.1, -0.05) is 37.3 Å². The first-order chi connectivity index (χ1) is 10.3. The lowest BCUT2D eigenvalue weighted by molar-refractivity contribution is -0.0131. The number of amides is 1. The lowest BCUT2D eigenvalue weighted by atomic mass is 10.0. The molecule has 1 amide bonds. The van der Waals surface area contributed by atoms with Gasteiger partial charge in [-0.3, -0.25) is 9.80 Å². The fourth-order valence-electron chi connectivity index (χ4n) is 2.95. The molecule has 0 aromatic heterocycles. The Morgan fingerprint density at radius 3 is 2.41 bits per heavy atom. The van der Waals surface area contributed by atoms with Gasteiger partial charge >= 0.3 is 6.09 Å². The average Bonchev–Trinajstić information content (AvgIpc) is 2.46. The quantitative estimate of drug-likeness (QED) is 0.835. The van der Waals surface area contributed by atoms with E-state index in [2.05, 4.69) is 30.9 Å². The summed E-state index contributed by atoms with van der Waals surface area (Å²) in [5, 5.41) is 0. The number of carbonyl (C=O) groups excluding carboxylic acids is 1. The third-order valence-electron chi connectivity index (χ3n) is 4.09. The molecule has 0 aliphatic carbocycles. The number of hydrogen-bond acceptors (Lipinski definition) is 3. The summed E-state index contributed by atoms with van der Waals surface area (Å²) in [6.07, 6.45) is -0.219. The minimum Gasteiger partial charge on any atom is -0.444 e. The summed E-state index contributed by atoms with van der Waals surface area (Å²) in [5.74, 6) is 0. The van der Waals surface area contributed by atoms with E-state index in [9.17, 15) is 4.79 Å². The Kier molecular flexibility index (Phi) is 5.12. The number of rotatable bonds is 2. The summed E-state index contributed by atoms with van der Waals surface area (Å²) >= 11 is 0. The lowest BCUT2D eigenvalue weighted by Crippen LogP contribution is -2.55. The minimum atomic E-state index is -0.469. The molecule has 1 saturated heterocycles. The molecule has 0 N–H and O–H groups in total. The molecule has 0 radical (unpaired) electrons. The Balaban J connectivity index is 2.25. The van der Waals surface area contributed by atoms with Crippen LogP contribution in [-0.2, 0) is 4.74 Å². The SMILES string of the molecule is CCN1CC(c2ccccc2)N(C(=O)OC(C)(C)C)CC1C. The van der Waals surface area contributed by atoms with E-state index in [1.54, 1.807) is 0 Å². The zero-order valence-electron chi connectivity index (χ0n) is 14.4. The fourth-order valence-corrected chi connectivity index (χ4v) is 2.95. The highest BCUT2D eigenvalue weighted by molar-refractivity contribution is 5.69. The molecular formula is C18H28N2O2. The Hall–Kier alpha value is -1.55. The molecule has 1 fully saturated rings. The topological polar surface area (TPSA) is 32.8 Å². The molecule has 2 atom stereocenters. The van der Waals surface area contributed by atoms with Gasteiger partial charge in [-0.15, -0.1) is 0 Å². The van der Waals surface area contributed by atoms with Crippen molar-refractivity contribution < 1.29 is 9.53 Å². The van der Waals surface area contributed by atoms with Crippen molar-refractivity contribution >= 4 is 6.09 Å². The maximum atomic E-state index is 12.6. The first kappa shape index (κ1) is 16.8. The molecule has 0 spiro atoms. The Bertz CT molecular complexity index is 496. The number of carbonyl (C=O) groups is 1. The van der Waals surface area contributed by atoms with Crippen molar-refractivity contribution in [2.75, 3.05) is 19.6 Å². The Morgan fingerprint density at radius 2 is 1.86 bits per heavy atom.